The van der Waals surface area contributed by atoms with E-state index in [1.165, 1.54) is 6.26 Å². The minimum atomic E-state index is 0.00290. The molecule has 0 spiro atoms. The first kappa shape index (κ1) is 20.2. The van der Waals surface area contributed by atoms with E-state index in [2.05, 4.69) is 10.5 Å². The van der Waals surface area contributed by atoms with Crippen molar-refractivity contribution in [3.63, 3.8) is 0 Å². The van der Waals surface area contributed by atoms with Gasteiger partial charge in [0.15, 0.2) is 0 Å². The number of amides is 2. The third kappa shape index (κ3) is 5.04. The molecule has 2 amide bonds. The highest BCUT2D eigenvalue weighted by molar-refractivity contribution is 7.99. The SMILES string of the molecule is CCC(SC)C(=O)N[C@@H]1CCO[C@H]1C1CCN(C(=O)Cc2cnoc2)CC1. The number of hydrogen-bond donors (Lipinski definition) is 1. The van der Waals surface area contributed by atoms with Gasteiger partial charge in [-0.05, 0) is 37.9 Å². The van der Waals surface area contributed by atoms with E-state index in [1.807, 2.05) is 18.1 Å². The van der Waals surface area contributed by atoms with Gasteiger partial charge in [-0.15, -0.1) is 0 Å². The van der Waals surface area contributed by atoms with Crippen LogP contribution in [0.4, 0.5) is 0 Å². The highest BCUT2D eigenvalue weighted by atomic mass is 32.2. The molecule has 150 valence electrons. The van der Waals surface area contributed by atoms with Crippen molar-refractivity contribution in [1.82, 2.24) is 15.4 Å². The number of thioether (sulfide) groups is 1. The van der Waals surface area contributed by atoms with Crippen molar-refractivity contribution in [2.45, 2.75) is 56.4 Å². The molecule has 3 rings (SSSR count). The predicted octanol–water partition coefficient (Wildman–Crippen LogP) is 1.87. The Bertz CT molecular complexity index is 612. The summed E-state index contributed by atoms with van der Waals surface area (Å²) >= 11 is 1.59. The fourth-order valence-electron chi connectivity index (χ4n) is 4.04. The lowest BCUT2D eigenvalue weighted by molar-refractivity contribution is -0.132. The average Bonchev–Trinajstić information content (AvgIpc) is 3.35. The topological polar surface area (TPSA) is 84.7 Å². The fourth-order valence-corrected chi connectivity index (χ4v) is 4.66. The maximum atomic E-state index is 12.4. The molecule has 7 nitrogen and oxygen atoms in total. The van der Waals surface area contributed by atoms with Crippen molar-refractivity contribution in [3.05, 3.63) is 18.0 Å². The second kappa shape index (κ2) is 9.59. The van der Waals surface area contributed by atoms with E-state index < -0.39 is 0 Å². The Labute approximate surface area is 164 Å². The summed E-state index contributed by atoms with van der Waals surface area (Å²) in [6.45, 7) is 4.20. The second-order valence-corrected chi connectivity index (χ2v) is 8.34. The van der Waals surface area contributed by atoms with Crippen LogP contribution in [0.2, 0.25) is 0 Å². The molecule has 27 heavy (non-hydrogen) atoms. The molecule has 1 unspecified atom stereocenters. The summed E-state index contributed by atoms with van der Waals surface area (Å²) in [6, 6.07) is 0.0861. The molecule has 1 aromatic heterocycles. The van der Waals surface area contributed by atoms with Gasteiger partial charge in [0.2, 0.25) is 11.8 Å². The largest absolute Gasteiger partial charge is 0.376 e. The number of nitrogens with one attached hydrogen (secondary N) is 1. The summed E-state index contributed by atoms with van der Waals surface area (Å²) in [7, 11) is 0. The fraction of sp³-hybridized carbons (Fsp3) is 0.737. The Balaban J connectivity index is 1.49. The van der Waals surface area contributed by atoms with Crippen LogP contribution in [0.25, 0.3) is 0 Å². The van der Waals surface area contributed by atoms with Gasteiger partial charge in [0.1, 0.15) is 6.26 Å². The highest BCUT2D eigenvalue weighted by Gasteiger charge is 2.38. The van der Waals surface area contributed by atoms with E-state index >= 15 is 0 Å². The number of likely N-dealkylation sites (tertiary alicyclic amines) is 1. The molecule has 2 saturated heterocycles. The average molecular weight is 396 g/mol. The number of ether oxygens (including phenoxy) is 1. The van der Waals surface area contributed by atoms with Gasteiger partial charge < -0.3 is 19.5 Å². The van der Waals surface area contributed by atoms with E-state index in [0.717, 1.165) is 44.3 Å². The van der Waals surface area contributed by atoms with Crippen LogP contribution in [0.5, 0.6) is 0 Å². The van der Waals surface area contributed by atoms with E-state index in [1.54, 1.807) is 18.0 Å². The van der Waals surface area contributed by atoms with Gasteiger partial charge in [-0.1, -0.05) is 12.1 Å². The van der Waals surface area contributed by atoms with Crippen LogP contribution in [-0.2, 0) is 20.7 Å². The number of hydrogen-bond acceptors (Lipinski definition) is 6. The lowest BCUT2D eigenvalue weighted by atomic mass is 9.87. The highest BCUT2D eigenvalue weighted by Crippen LogP contribution is 2.30. The van der Waals surface area contributed by atoms with Gasteiger partial charge in [-0.2, -0.15) is 11.8 Å². The van der Waals surface area contributed by atoms with Crippen LogP contribution >= 0.6 is 11.8 Å². The predicted molar refractivity (Wildman–Crippen MR) is 103 cm³/mol. The van der Waals surface area contributed by atoms with Crippen molar-refractivity contribution < 1.29 is 18.8 Å². The van der Waals surface area contributed by atoms with Gasteiger partial charge in [-0.25, -0.2) is 0 Å². The minimum Gasteiger partial charge on any atom is -0.376 e. The van der Waals surface area contributed by atoms with Gasteiger partial charge in [0.25, 0.3) is 0 Å². The minimum absolute atomic E-state index is 0.00290. The first-order chi connectivity index (χ1) is 13.1. The van der Waals surface area contributed by atoms with Crippen LogP contribution in [0.3, 0.4) is 0 Å². The maximum absolute atomic E-state index is 12.4. The van der Waals surface area contributed by atoms with Crippen molar-refractivity contribution >= 4 is 23.6 Å². The van der Waals surface area contributed by atoms with E-state index in [4.69, 9.17) is 9.26 Å². The molecule has 0 bridgehead atoms. The Morgan fingerprint density at radius 1 is 1.37 bits per heavy atom. The van der Waals surface area contributed by atoms with Crippen molar-refractivity contribution in [2.24, 2.45) is 5.92 Å². The number of aromatic nitrogens is 1. The van der Waals surface area contributed by atoms with Crippen LogP contribution in [0.1, 0.15) is 38.2 Å². The maximum Gasteiger partial charge on any atom is 0.233 e. The molecule has 2 fully saturated rings. The van der Waals surface area contributed by atoms with E-state index in [9.17, 15) is 9.59 Å². The van der Waals surface area contributed by atoms with Gasteiger partial charge in [-0.3, -0.25) is 9.59 Å². The molecule has 0 aromatic carbocycles. The van der Waals surface area contributed by atoms with E-state index in [0.29, 0.717) is 18.9 Å². The zero-order valence-corrected chi connectivity index (χ0v) is 16.9. The first-order valence-electron chi connectivity index (χ1n) is 9.73. The van der Waals surface area contributed by atoms with E-state index in [-0.39, 0.29) is 29.2 Å². The molecule has 2 aliphatic heterocycles. The third-order valence-electron chi connectivity index (χ3n) is 5.61. The Kier molecular flexibility index (Phi) is 7.18. The zero-order chi connectivity index (χ0) is 19.2. The summed E-state index contributed by atoms with van der Waals surface area (Å²) in [4.78, 5) is 26.7. The van der Waals surface area contributed by atoms with Crippen LogP contribution in [-0.4, -0.2) is 65.2 Å². The van der Waals surface area contributed by atoms with Crippen LogP contribution < -0.4 is 5.32 Å². The van der Waals surface area contributed by atoms with Crippen molar-refractivity contribution in [1.29, 1.82) is 0 Å². The Hall–Kier alpha value is -1.54. The number of piperidine rings is 1. The summed E-state index contributed by atoms with van der Waals surface area (Å²) in [6.07, 6.45) is 8.99. The molecular weight excluding hydrogens is 366 g/mol. The molecule has 2 aliphatic rings. The molecule has 0 aliphatic carbocycles. The molecular formula is C19H29N3O4S. The standard InChI is InChI=1S/C19H29N3O4S/c1-3-16(27-2)19(24)21-15-6-9-25-18(15)14-4-7-22(8-5-14)17(23)10-13-11-20-26-12-13/h11-12,14-16,18H,3-10H2,1-2H3,(H,21,24)/t15-,16?,18+/m1/s1. The first-order valence-corrected chi connectivity index (χ1v) is 11.0. The number of carbonyl (C=O) groups is 2. The number of nitrogens with zero attached hydrogens (tertiary/aromatic N) is 2. The molecule has 1 N–H and O–H groups in total. The normalized spacial score (nSPS) is 24.7. The third-order valence-corrected chi connectivity index (χ3v) is 6.72. The lowest BCUT2D eigenvalue weighted by Gasteiger charge is -2.36. The summed E-state index contributed by atoms with van der Waals surface area (Å²) in [5.41, 5.74) is 0.809. The summed E-state index contributed by atoms with van der Waals surface area (Å²) in [5, 5.41) is 6.86. The molecule has 8 heteroatoms. The second-order valence-electron chi connectivity index (χ2n) is 7.30. The zero-order valence-electron chi connectivity index (χ0n) is 16.1. The number of rotatable bonds is 7. The van der Waals surface area contributed by atoms with Crippen molar-refractivity contribution in [2.75, 3.05) is 26.0 Å². The molecule has 0 saturated carbocycles. The molecule has 1 aromatic rings. The van der Waals surface area contributed by atoms with Crippen LogP contribution in [0.15, 0.2) is 17.0 Å². The smallest absolute Gasteiger partial charge is 0.233 e. The Morgan fingerprint density at radius 2 is 2.15 bits per heavy atom. The quantitative estimate of drug-likeness (QED) is 0.759. The Morgan fingerprint density at radius 3 is 2.78 bits per heavy atom. The summed E-state index contributed by atoms with van der Waals surface area (Å²) < 4.78 is 10.8. The monoisotopic (exact) mass is 395 g/mol. The van der Waals surface area contributed by atoms with Gasteiger partial charge in [0, 0.05) is 25.3 Å². The van der Waals surface area contributed by atoms with Crippen molar-refractivity contribution in [3.8, 4) is 0 Å². The van der Waals surface area contributed by atoms with Gasteiger partial charge in [0.05, 0.1) is 30.0 Å². The lowest BCUT2D eigenvalue weighted by Crippen LogP contribution is -2.49. The molecule has 3 heterocycles. The molecule has 0 radical (unpaired) electrons. The summed E-state index contributed by atoms with van der Waals surface area (Å²) in [5.74, 6) is 0.609. The van der Waals surface area contributed by atoms with Gasteiger partial charge >= 0.3 is 0 Å². The number of carbonyl (C=O) groups excluding carboxylic acids is 2. The molecule has 3 atom stereocenters. The van der Waals surface area contributed by atoms with Crippen LogP contribution in [0, 0.1) is 5.92 Å².